The Morgan fingerprint density at radius 1 is 1.38 bits per heavy atom. The molecule has 1 heterocycles. The van der Waals surface area contributed by atoms with Crippen LogP contribution in [0.1, 0.15) is 12.0 Å². The van der Waals surface area contributed by atoms with E-state index < -0.39 is 0 Å². The van der Waals surface area contributed by atoms with Gasteiger partial charge in [-0.05, 0) is 34.3 Å². The van der Waals surface area contributed by atoms with Crippen molar-refractivity contribution < 1.29 is 0 Å². The lowest BCUT2D eigenvalue weighted by Gasteiger charge is -1.90. The van der Waals surface area contributed by atoms with Crippen molar-refractivity contribution in [3.63, 3.8) is 0 Å². The van der Waals surface area contributed by atoms with Crippen LogP contribution in [0, 0.1) is 0 Å². The maximum absolute atomic E-state index is 8.13. The van der Waals surface area contributed by atoms with Crippen molar-refractivity contribution in [2.75, 3.05) is 6.54 Å². The lowest BCUT2D eigenvalue weighted by atomic mass is 10.1. The summed E-state index contributed by atoms with van der Waals surface area (Å²) in [6, 6.07) is 8.34. The summed E-state index contributed by atoms with van der Waals surface area (Å²) in [7, 11) is 0. The molecule has 0 aliphatic rings. The SMILES string of the molecule is [N-]=[N+]=NCCC=Cc1csc2ccccc12. The minimum absolute atomic E-state index is 0.523. The number of fused-ring (bicyclic) bond motifs is 1. The minimum Gasteiger partial charge on any atom is -0.143 e. The molecule has 16 heavy (non-hydrogen) atoms. The first-order chi connectivity index (χ1) is 7.92. The molecule has 0 saturated carbocycles. The van der Waals surface area contributed by atoms with E-state index in [0.29, 0.717) is 6.54 Å². The molecule has 0 atom stereocenters. The summed E-state index contributed by atoms with van der Waals surface area (Å²) in [4.78, 5) is 2.71. The Bertz CT molecular complexity index is 550. The summed E-state index contributed by atoms with van der Waals surface area (Å²) in [6.07, 6.45) is 4.92. The third kappa shape index (κ3) is 2.42. The fourth-order valence-electron chi connectivity index (χ4n) is 1.51. The van der Waals surface area contributed by atoms with Crippen molar-refractivity contribution in [2.45, 2.75) is 6.42 Å². The summed E-state index contributed by atoms with van der Waals surface area (Å²) in [6.45, 7) is 0.523. The zero-order valence-electron chi connectivity index (χ0n) is 8.71. The molecule has 0 radical (unpaired) electrons. The normalized spacial score (nSPS) is 10.8. The van der Waals surface area contributed by atoms with Gasteiger partial charge >= 0.3 is 0 Å². The second-order valence-electron chi connectivity index (χ2n) is 3.33. The van der Waals surface area contributed by atoms with Gasteiger partial charge in [-0.2, -0.15) is 0 Å². The van der Waals surface area contributed by atoms with E-state index in [1.807, 2.05) is 18.2 Å². The van der Waals surface area contributed by atoms with Crippen molar-refractivity contribution in [1.29, 1.82) is 0 Å². The van der Waals surface area contributed by atoms with Crippen molar-refractivity contribution in [3.05, 3.63) is 51.7 Å². The van der Waals surface area contributed by atoms with Gasteiger partial charge in [-0.3, -0.25) is 0 Å². The summed E-state index contributed by atoms with van der Waals surface area (Å²) < 4.78 is 1.30. The Hall–Kier alpha value is -1.77. The quantitative estimate of drug-likeness (QED) is 0.318. The average molecular weight is 229 g/mol. The molecule has 0 saturated heterocycles. The number of benzene rings is 1. The first-order valence-electron chi connectivity index (χ1n) is 5.05. The van der Waals surface area contributed by atoms with Crippen LogP contribution in [0.15, 0.2) is 40.8 Å². The number of hydrogen-bond donors (Lipinski definition) is 0. The largest absolute Gasteiger partial charge is 0.143 e. The third-order valence-corrected chi connectivity index (χ3v) is 3.25. The number of hydrogen-bond acceptors (Lipinski definition) is 2. The molecule has 0 amide bonds. The first-order valence-corrected chi connectivity index (χ1v) is 5.93. The molecule has 1 aromatic carbocycles. The molecule has 0 unspecified atom stereocenters. The zero-order valence-corrected chi connectivity index (χ0v) is 9.52. The number of nitrogens with zero attached hydrogens (tertiary/aromatic N) is 3. The smallest absolute Gasteiger partial charge is 0.0348 e. The van der Waals surface area contributed by atoms with Gasteiger partial charge in [0.2, 0.25) is 0 Å². The molecule has 3 nitrogen and oxygen atoms in total. The van der Waals surface area contributed by atoms with Crippen LogP contribution < -0.4 is 0 Å². The lowest BCUT2D eigenvalue weighted by molar-refractivity contribution is 0.996. The molecule has 0 fully saturated rings. The van der Waals surface area contributed by atoms with Crippen molar-refractivity contribution in [2.24, 2.45) is 5.11 Å². The Balaban J connectivity index is 2.12. The summed E-state index contributed by atoms with van der Waals surface area (Å²) in [5, 5.41) is 6.92. The van der Waals surface area contributed by atoms with E-state index >= 15 is 0 Å². The van der Waals surface area contributed by atoms with Crippen LogP contribution in [0.4, 0.5) is 0 Å². The molecular weight excluding hydrogens is 218 g/mol. The third-order valence-electron chi connectivity index (χ3n) is 2.27. The standard InChI is InChI=1S/C12H11N3S/c13-15-14-8-4-3-5-10-9-16-12-7-2-1-6-11(10)12/h1-3,5-7,9H,4,8H2. The summed E-state index contributed by atoms with van der Waals surface area (Å²) >= 11 is 1.75. The van der Waals surface area contributed by atoms with E-state index in [9.17, 15) is 0 Å². The molecule has 80 valence electrons. The molecule has 2 aromatic rings. The Morgan fingerprint density at radius 2 is 2.25 bits per heavy atom. The summed E-state index contributed by atoms with van der Waals surface area (Å²) in [5.74, 6) is 0. The maximum atomic E-state index is 8.13. The first kappa shape index (κ1) is 10.7. The van der Waals surface area contributed by atoms with Crippen LogP contribution in [-0.4, -0.2) is 6.54 Å². The van der Waals surface area contributed by atoms with Crippen molar-refractivity contribution in [1.82, 2.24) is 0 Å². The van der Waals surface area contributed by atoms with E-state index in [2.05, 4.69) is 33.6 Å². The van der Waals surface area contributed by atoms with Crippen LogP contribution in [0.25, 0.3) is 26.6 Å². The van der Waals surface area contributed by atoms with Gasteiger partial charge in [-0.1, -0.05) is 35.5 Å². The number of thiophene rings is 1. The monoisotopic (exact) mass is 229 g/mol. The molecule has 2 rings (SSSR count). The Morgan fingerprint density at radius 3 is 3.12 bits per heavy atom. The lowest BCUT2D eigenvalue weighted by Crippen LogP contribution is -1.73. The highest BCUT2D eigenvalue weighted by atomic mass is 32.1. The second-order valence-corrected chi connectivity index (χ2v) is 4.24. The predicted molar refractivity (Wildman–Crippen MR) is 69.5 cm³/mol. The van der Waals surface area contributed by atoms with Gasteiger partial charge in [0.05, 0.1) is 0 Å². The topological polar surface area (TPSA) is 48.8 Å². The molecule has 0 spiro atoms. The molecule has 0 aliphatic carbocycles. The maximum Gasteiger partial charge on any atom is 0.0348 e. The van der Waals surface area contributed by atoms with Crippen molar-refractivity contribution in [3.8, 4) is 0 Å². The van der Waals surface area contributed by atoms with Crippen molar-refractivity contribution >= 4 is 27.5 Å². The van der Waals surface area contributed by atoms with Gasteiger partial charge in [0.15, 0.2) is 0 Å². The predicted octanol–water partition coefficient (Wildman–Crippen LogP) is 4.61. The highest BCUT2D eigenvalue weighted by Gasteiger charge is 1.98. The molecule has 0 bridgehead atoms. The average Bonchev–Trinajstić information content (AvgIpc) is 2.73. The fourth-order valence-corrected chi connectivity index (χ4v) is 2.44. The second kappa shape index (κ2) is 5.35. The van der Waals surface area contributed by atoms with E-state index in [1.165, 1.54) is 15.6 Å². The Labute approximate surface area is 97.7 Å². The van der Waals surface area contributed by atoms with Crippen LogP contribution in [0.5, 0.6) is 0 Å². The fraction of sp³-hybridized carbons (Fsp3) is 0.167. The van der Waals surface area contributed by atoms with E-state index in [-0.39, 0.29) is 0 Å². The van der Waals surface area contributed by atoms with Gasteiger partial charge < -0.3 is 0 Å². The molecular formula is C12H11N3S. The van der Waals surface area contributed by atoms with Crippen LogP contribution in [0.3, 0.4) is 0 Å². The molecule has 4 heteroatoms. The van der Waals surface area contributed by atoms with E-state index in [1.54, 1.807) is 11.3 Å². The van der Waals surface area contributed by atoms with Crippen LogP contribution in [-0.2, 0) is 0 Å². The zero-order chi connectivity index (χ0) is 11.2. The summed E-state index contributed by atoms with van der Waals surface area (Å²) in [5.41, 5.74) is 9.36. The van der Waals surface area contributed by atoms with Gasteiger partial charge in [0.1, 0.15) is 0 Å². The van der Waals surface area contributed by atoms with Gasteiger partial charge in [0.25, 0.3) is 0 Å². The molecule has 0 aliphatic heterocycles. The van der Waals surface area contributed by atoms with Gasteiger partial charge in [-0.25, -0.2) is 0 Å². The van der Waals surface area contributed by atoms with Crippen LogP contribution in [0.2, 0.25) is 0 Å². The van der Waals surface area contributed by atoms with Gasteiger partial charge in [0, 0.05) is 16.2 Å². The number of rotatable bonds is 4. The van der Waals surface area contributed by atoms with E-state index in [4.69, 9.17) is 5.53 Å². The number of azide groups is 1. The van der Waals surface area contributed by atoms with E-state index in [0.717, 1.165) is 6.42 Å². The molecule has 0 N–H and O–H groups in total. The van der Waals surface area contributed by atoms with Crippen LogP contribution >= 0.6 is 11.3 Å². The highest BCUT2D eigenvalue weighted by molar-refractivity contribution is 7.17. The van der Waals surface area contributed by atoms with Gasteiger partial charge in [-0.15, -0.1) is 11.3 Å². The highest BCUT2D eigenvalue weighted by Crippen LogP contribution is 2.26. The molecule has 1 aromatic heterocycles. The Kier molecular flexibility index (Phi) is 3.59. The minimum atomic E-state index is 0.523.